The van der Waals surface area contributed by atoms with E-state index in [9.17, 15) is 9.59 Å². The molecule has 1 saturated heterocycles. The summed E-state index contributed by atoms with van der Waals surface area (Å²) in [6.45, 7) is 4.04. The lowest BCUT2D eigenvalue weighted by Gasteiger charge is -2.22. The Morgan fingerprint density at radius 3 is 2.95 bits per heavy atom. The highest BCUT2D eigenvalue weighted by Crippen LogP contribution is 2.30. The first-order chi connectivity index (χ1) is 10.5. The second-order valence-corrected chi connectivity index (χ2v) is 5.39. The minimum absolute atomic E-state index is 0.0755. The van der Waals surface area contributed by atoms with E-state index >= 15 is 0 Å². The first-order valence-electron chi connectivity index (χ1n) is 7.19. The summed E-state index contributed by atoms with van der Waals surface area (Å²) in [5.41, 5.74) is 0.407. The standard InChI is InChI=1S/C14H17N5O3/c1-9-5-6-12(20)19(16-9)8-13(21)18-7-3-4-11(18)14-15-10(2)22-17-14/h5-6,11H,3-4,7-8H2,1-2H3. The molecule has 1 aliphatic rings. The number of amides is 1. The summed E-state index contributed by atoms with van der Waals surface area (Å²) in [6.07, 6.45) is 1.67. The Bertz CT molecular complexity index is 751. The van der Waals surface area contributed by atoms with Gasteiger partial charge in [-0.1, -0.05) is 5.16 Å². The molecule has 1 atom stereocenters. The van der Waals surface area contributed by atoms with Crippen LogP contribution >= 0.6 is 0 Å². The number of hydrogen-bond donors (Lipinski definition) is 0. The number of hydrogen-bond acceptors (Lipinski definition) is 6. The first kappa shape index (κ1) is 14.4. The van der Waals surface area contributed by atoms with Gasteiger partial charge in [-0.25, -0.2) is 4.68 Å². The van der Waals surface area contributed by atoms with Crippen molar-refractivity contribution in [1.29, 1.82) is 0 Å². The Labute approximate surface area is 126 Å². The van der Waals surface area contributed by atoms with E-state index in [0.29, 0.717) is 24.0 Å². The lowest BCUT2D eigenvalue weighted by Crippen LogP contribution is -2.37. The van der Waals surface area contributed by atoms with Gasteiger partial charge < -0.3 is 9.42 Å². The van der Waals surface area contributed by atoms with Crippen LogP contribution in [0.1, 0.15) is 36.3 Å². The predicted octanol–water partition coefficient (Wildman–Crippen LogP) is 0.607. The van der Waals surface area contributed by atoms with Crippen LogP contribution in [0.3, 0.4) is 0 Å². The largest absolute Gasteiger partial charge is 0.340 e. The molecule has 3 rings (SSSR count). The van der Waals surface area contributed by atoms with E-state index < -0.39 is 0 Å². The fourth-order valence-corrected chi connectivity index (χ4v) is 2.67. The van der Waals surface area contributed by atoms with Crippen LogP contribution in [0.15, 0.2) is 21.5 Å². The normalized spacial score (nSPS) is 17.9. The summed E-state index contributed by atoms with van der Waals surface area (Å²) >= 11 is 0. The van der Waals surface area contributed by atoms with Crippen LogP contribution in [0.2, 0.25) is 0 Å². The summed E-state index contributed by atoms with van der Waals surface area (Å²) in [5, 5.41) is 8.00. The van der Waals surface area contributed by atoms with Gasteiger partial charge in [0.2, 0.25) is 11.8 Å². The van der Waals surface area contributed by atoms with E-state index in [4.69, 9.17) is 4.52 Å². The maximum absolute atomic E-state index is 12.5. The molecule has 0 bridgehead atoms. The third kappa shape index (κ3) is 2.76. The number of aromatic nitrogens is 4. The third-order valence-electron chi connectivity index (χ3n) is 3.70. The Morgan fingerprint density at radius 1 is 1.41 bits per heavy atom. The smallest absolute Gasteiger partial charge is 0.267 e. The van der Waals surface area contributed by atoms with E-state index in [2.05, 4.69) is 15.2 Å². The number of carbonyl (C=O) groups is 1. The van der Waals surface area contributed by atoms with E-state index in [1.807, 2.05) is 0 Å². The molecule has 22 heavy (non-hydrogen) atoms. The van der Waals surface area contributed by atoms with Crippen LogP contribution in [0.25, 0.3) is 0 Å². The fraction of sp³-hybridized carbons (Fsp3) is 0.500. The molecule has 8 nitrogen and oxygen atoms in total. The molecule has 1 aliphatic heterocycles. The Hall–Kier alpha value is -2.51. The van der Waals surface area contributed by atoms with Gasteiger partial charge in [0.05, 0.1) is 11.7 Å². The highest BCUT2D eigenvalue weighted by atomic mass is 16.5. The van der Waals surface area contributed by atoms with Gasteiger partial charge in [0, 0.05) is 19.5 Å². The van der Waals surface area contributed by atoms with Crippen LogP contribution in [0.5, 0.6) is 0 Å². The molecule has 3 heterocycles. The molecule has 0 saturated carbocycles. The highest BCUT2D eigenvalue weighted by molar-refractivity contribution is 5.76. The van der Waals surface area contributed by atoms with E-state index in [-0.39, 0.29) is 24.1 Å². The first-order valence-corrected chi connectivity index (χ1v) is 7.19. The molecule has 2 aromatic rings. The maximum atomic E-state index is 12.5. The molecule has 8 heteroatoms. The Kier molecular flexibility index (Phi) is 3.74. The van der Waals surface area contributed by atoms with Crippen LogP contribution in [-0.4, -0.2) is 37.3 Å². The molecular formula is C14H17N5O3. The summed E-state index contributed by atoms with van der Waals surface area (Å²) in [6, 6.07) is 2.86. The SMILES string of the molecule is Cc1ccc(=O)n(CC(=O)N2CCCC2c2noc(C)n2)n1. The van der Waals surface area contributed by atoms with Crippen molar-refractivity contribution in [3.05, 3.63) is 39.9 Å². The van der Waals surface area contributed by atoms with Crippen molar-refractivity contribution in [3.8, 4) is 0 Å². The predicted molar refractivity (Wildman–Crippen MR) is 76.0 cm³/mol. The number of rotatable bonds is 3. The number of nitrogens with zero attached hydrogens (tertiary/aromatic N) is 5. The number of aryl methyl sites for hydroxylation is 2. The molecule has 0 spiro atoms. The zero-order valence-electron chi connectivity index (χ0n) is 12.5. The minimum Gasteiger partial charge on any atom is -0.340 e. The van der Waals surface area contributed by atoms with Crippen molar-refractivity contribution < 1.29 is 9.32 Å². The van der Waals surface area contributed by atoms with Crippen LogP contribution < -0.4 is 5.56 Å². The van der Waals surface area contributed by atoms with Crippen LogP contribution in [-0.2, 0) is 11.3 Å². The lowest BCUT2D eigenvalue weighted by atomic mass is 10.2. The average molecular weight is 303 g/mol. The topological polar surface area (TPSA) is 94.1 Å². The summed E-state index contributed by atoms with van der Waals surface area (Å²) in [7, 11) is 0. The Balaban J connectivity index is 1.79. The molecule has 1 unspecified atom stereocenters. The summed E-state index contributed by atoms with van der Waals surface area (Å²) in [4.78, 5) is 30.2. The van der Waals surface area contributed by atoms with Gasteiger partial charge in [-0.15, -0.1) is 0 Å². The quantitative estimate of drug-likeness (QED) is 0.824. The zero-order chi connectivity index (χ0) is 15.7. The number of carbonyl (C=O) groups excluding carboxylic acids is 1. The molecule has 0 aliphatic carbocycles. The van der Waals surface area contributed by atoms with Crippen molar-refractivity contribution >= 4 is 5.91 Å². The summed E-state index contributed by atoms with van der Waals surface area (Å²) < 4.78 is 6.18. The van der Waals surface area contributed by atoms with Gasteiger partial charge in [-0.3, -0.25) is 9.59 Å². The van der Waals surface area contributed by atoms with E-state index in [1.165, 1.54) is 10.7 Å². The minimum atomic E-state index is -0.287. The molecule has 1 fully saturated rings. The van der Waals surface area contributed by atoms with Gasteiger partial charge in [0.25, 0.3) is 5.56 Å². The Morgan fingerprint density at radius 2 is 2.23 bits per heavy atom. The van der Waals surface area contributed by atoms with Crippen molar-refractivity contribution in [1.82, 2.24) is 24.8 Å². The molecule has 2 aromatic heterocycles. The van der Waals surface area contributed by atoms with E-state index in [0.717, 1.165) is 12.8 Å². The second-order valence-electron chi connectivity index (χ2n) is 5.39. The highest BCUT2D eigenvalue weighted by Gasteiger charge is 2.33. The fourth-order valence-electron chi connectivity index (χ4n) is 2.67. The van der Waals surface area contributed by atoms with Crippen molar-refractivity contribution in [2.24, 2.45) is 0 Å². The molecule has 0 aromatic carbocycles. The number of likely N-dealkylation sites (tertiary alicyclic amines) is 1. The lowest BCUT2D eigenvalue weighted by molar-refractivity contribution is -0.133. The molecule has 0 N–H and O–H groups in total. The maximum Gasteiger partial charge on any atom is 0.267 e. The van der Waals surface area contributed by atoms with Gasteiger partial charge in [0.15, 0.2) is 5.82 Å². The third-order valence-corrected chi connectivity index (χ3v) is 3.70. The molecule has 116 valence electrons. The molecule has 1 amide bonds. The van der Waals surface area contributed by atoms with Crippen molar-refractivity contribution in [2.75, 3.05) is 6.54 Å². The van der Waals surface area contributed by atoms with Gasteiger partial charge in [0.1, 0.15) is 6.54 Å². The zero-order valence-corrected chi connectivity index (χ0v) is 12.5. The van der Waals surface area contributed by atoms with Gasteiger partial charge in [-0.05, 0) is 25.8 Å². The van der Waals surface area contributed by atoms with Gasteiger partial charge in [-0.2, -0.15) is 10.1 Å². The average Bonchev–Trinajstić information content (AvgIpc) is 3.11. The monoisotopic (exact) mass is 303 g/mol. The van der Waals surface area contributed by atoms with Crippen LogP contribution in [0, 0.1) is 13.8 Å². The van der Waals surface area contributed by atoms with Crippen LogP contribution in [0.4, 0.5) is 0 Å². The summed E-state index contributed by atoms with van der Waals surface area (Å²) in [5.74, 6) is 0.837. The van der Waals surface area contributed by atoms with Crippen molar-refractivity contribution in [2.45, 2.75) is 39.3 Å². The molecular weight excluding hydrogens is 286 g/mol. The van der Waals surface area contributed by atoms with E-state index in [1.54, 1.807) is 24.8 Å². The molecule has 0 radical (unpaired) electrons. The van der Waals surface area contributed by atoms with Gasteiger partial charge >= 0.3 is 0 Å². The van der Waals surface area contributed by atoms with Crippen molar-refractivity contribution in [3.63, 3.8) is 0 Å². The second kappa shape index (κ2) is 5.70.